The lowest BCUT2D eigenvalue weighted by atomic mass is 10.1. The molecule has 1 fully saturated rings. The summed E-state index contributed by atoms with van der Waals surface area (Å²) in [5, 5.41) is 18.5. The quantitative estimate of drug-likeness (QED) is 0.510. The van der Waals surface area contributed by atoms with Crippen LogP contribution in [0.4, 0.5) is 5.69 Å². The smallest absolute Gasteiger partial charge is 0.251 e. The molecule has 0 spiro atoms. The number of carbonyl (C=O) groups is 2. The second kappa shape index (κ2) is 10.6. The molecule has 2 aromatic heterocycles. The molecule has 2 atom stereocenters. The average Bonchev–Trinajstić information content (AvgIpc) is 3.55. The van der Waals surface area contributed by atoms with Gasteiger partial charge in [-0.15, -0.1) is 5.10 Å². The van der Waals surface area contributed by atoms with Gasteiger partial charge < -0.3 is 24.8 Å². The first-order valence-corrected chi connectivity index (χ1v) is 12.0. The second-order valence-corrected chi connectivity index (χ2v) is 9.16. The molecule has 37 heavy (non-hydrogen) atoms. The number of ether oxygens (including phenoxy) is 3. The molecule has 3 aromatic rings. The first kappa shape index (κ1) is 24.7. The number of aromatic nitrogens is 5. The van der Waals surface area contributed by atoms with Crippen LogP contribution in [0.5, 0.6) is 11.5 Å². The van der Waals surface area contributed by atoms with Gasteiger partial charge in [-0.1, -0.05) is 5.21 Å². The van der Waals surface area contributed by atoms with Crippen molar-refractivity contribution in [2.75, 3.05) is 38.7 Å². The number of rotatable bonds is 4. The van der Waals surface area contributed by atoms with Crippen LogP contribution < -0.4 is 20.1 Å². The van der Waals surface area contributed by atoms with Crippen LogP contribution in [-0.4, -0.2) is 87.0 Å². The van der Waals surface area contributed by atoms with E-state index < -0.39 is 0 Å². The number of likely N-dealkylation sites (tertiary alicyclic amines) is 1. The highest BCUT2D eigenvalue weighted by Crippen LogP contribution is 2.28. The third-order valence-corrected chi connectivity index (χ3v) is 6.35. The van der Waals surface area contributed by atoms with E-state index in [9.17, 15) is 9.59 Å². The molecular weight excluding hydrogens is 480 g/mol. The Balaban J connectivity index is 1.33. The molecule has 2 aliphatic rings. The molecule has 1 saturated heterocycles. The van der Waals surface area contributed by atoms with Crippen molar-refractivity contribution in [3.05, 3.63) is 47.5 Å². The van der Waals surface area contributed by atoms with Gasteiger partial charge >= 0.3 is 0 Å². The molecule has 2 N–H and O–H groups in total. The van der Waals surface area contributed by atoms with Crippen LogP contribution in [0.2, 0.25) is 0 Å². The molecule has 0 saturated carbocycles. The SMILES string of the molecule is COc1ccc2cc1OCCn1cc(nn1)CO[C@H]1CN(CC(=O)Nc3cn(C)nc3C)C[C@@H]1NC2=O. The van der Waals surface area contributed by atoms with E-state index in [1.54, 1.807) is 54.1 Å². The number of fused-ring (bicyclic) bond motifs is 5. The highest BCUT2D eigenvalue weighted by molar-refractivity contribution is 5.95. The number of hydrogen-bond acceptors (Lipinski definition) is 9. The van der Waals surface area contributed by atoms with Gasteiger partial charge in [-0.25, -0.2) is 4.68 Å². The highest BCUT2D eigenvalue weighted by Gasteiger charge is 2.36. The van der Waals surface area contributed by atoms with Crippen molar-refractivity contribution >= 4 is 17.5 Å². The van der Waals surface area contributed by atoms with E-state index in [-0.39, 0.29) is 37.1 Å². The van der Waals surface area contributed by atoms with Gasteiger partial charge in [0.05, 0.1) is 56.5 Å². The molecule has 0 aliphatic carbocycles. The van der Waals surface area contributed by atoms with E-state index in [4.69, 9.17) is 14.2 Å². The van der Waals surface area contributed by atoms with Gasteiger partial charge in [-0.2, -0.15) is 5.10 Å². The predicted molar refractivity (Wildman–Crippen MR) is 131 cm³/mol. The topological polar surface area (TPSA) is 138 Å². The monoisotopic (exact) mass is 510 g/mol. The van der Waals surface area contributed by atoms with E-state index in [1.165, 1.54) is 0 Å². The number of nitrogens with zero attached hydrogens (tertiary/aromatic N) is 6. The summed E-state index contributed by atoms with van der Waals surface area (Å²) in [7, 11) is 3.35. The Labute approximate surface area is 213 Å². The van der Waals surface area contributed by atoms with Crippen molar-refractivity contribution in [2.45, 2.75) is 32.2 Å². The Morgan fingerprint density at radius 1 is 1.30 bits per heavy atom. The number of nitrogens with one attached hydrogen (secondary N) is 2. The van der Waals surface area contributed by atoms with Crippen LogP contribution in [0.3, 0.4) is 0 Å². The van der Waals surface area contributed by atoms with Crippen molar-refractivity contribution in [1.82, 2.24) is 35.0 Å². The highest BCUT2D eigenvalue weighted by atomic mass is 16.5. The fraction of sp³-hybridized carbons (Fsp3) is 0.458. The predicted octanol–water partition coefficient (Wildman–Crippen LogP) is 0.359. The van der Waals surface area contributed by atoms with E-state index in [1.807, 2.05) is 11.8 Å². The van der Waals surface area contributed by atoms with Crippen LogP contribution in [-0.2, 0) is 29.7 Å². The summed E-state index contributed by atoms with van der Waals surface area (Å²) in [6, 6.07) is 4.71. The van der Waals surface area contributed by atoms with E-state index in [0.29, 0.717) is 54.7 Å². The maximum Gasteiger partial charge on any atom is 0.251 e. The summed E-state index contributed by atoms with van der Waals surface area (Å²) in [6.45, 7) is 3.93. The molecule has 4 heterocycles. The van der Waals surface area contributed by atoms with Crippen LogP contribution in [0, 0.1) is 6.92 Å². The van der Waals surface area contributed by atoms with Crippen LogP contribution in [0.1, 0.15) is 21.7 Å². The molecule has 13 nitrogen and oxygen atoms in total. The van der Waals surface area contributed by atoms with E-state index >= 15 is 0 Å². The first-order chi connectivity index (χ1) is 17.9. The Kier molecular flexibility index (Phi) is 7.06. The third kappa shape index (κ3) is 5.73. The lowest BCUT2D eigenvalue weighted by Gasteiger charge is -2.20. The van der Waals surface area contributed by atoms with E-state index in [0.717, 1.165) is 5.69 Å². The minimum absolute atomic E-state index is 0.150. The number of amides is 2. The van der Waals surface area contributed by atoms with Gasteiger partial charge in [-0.3, -0.25) is 19.2 Å². The second-order valence-electron chi connectivity index (χ2n) is 9.16. The van der Waals surface area contributed by atoms with Gasteiger partial charge in [0.2, 0.25) is 5.91 Å². The van der Waals surface area contributed by atoms with Crippen LogP contribution in [0.15, 0.2) is 30.6 Å². The summed E-state index contributed by atoms with van der Waals surface area (Å²) >= 11 is 0. The lowest BCUT2D eigenvalue weighted by Crippen LogP contribution is -2.44. The molecule has 196 valence electrons. The van der Waals surface area contributed by atoms with Crippen molar-refractivity contribution in [3.63, 3.8) is 0 Å². The number of aryl methyl sites for hydroxylation is 2. The Morgan fingerprint density at radius 2 is 2.16 bits per heavy atom. The third-order valence-electron chi connectivity index (χ3n) is 6.35. The molecule has 13 heteroatoms. The lowest BCUT2D eigenvalue weighted by molar-refractivity contribution is -0.117. The molecule has 0 unspecified atom stereocenters. The fourth-order valence-corrected chi connectivity index (χ4v) is 4.54. The normalized spacial score (nSPS) is 20.2. The molecule has 4 bridgehead atoms. The van der Waals surface area contributed by atoms with Crippen molar-refractivity contribution < 1.29 is 23.8 Å². The maximum atomic E-state index is 13.2. The van der Waals surface area contributed by atoms with Gasteiger partial charge in [0.1, 0.15) is 12.3 Å². The molecule has 0 radical (unpaired) electrons. The first-order valence-electron chi connectivity index (χ1n) is 12.0. The van der Waals surface area contributed by atoms with Crippen LogP contribution >= 0.6 is 0 Å². The Hall–Kier alpha value is -3.97. The van der Waals surface area contributed by atoms with Crippen molar-refractivity contribution in [2.24, 2.45) is 7.05 Å². The minimum Gasteiger partial charge on any atom is -0.493 e. The molecule has 1 aromatic carbocycles. The zero-order valence-electron chi connectivity index (χ0n) is 21.0. The summed E-state index contributed by atoms with van der Waals surface area (Å²) in [6.07, 6.45) is 3.22. The zero-order valence-corrected chi connectivity index (χ0v) is 21.0. The number of methoxy groups -OCH3 is 1. The Morgan fingerprint density at radius 3 is 2.95 bits per heavy atom. The molecular formula is C24H30N8O5. The maximum absolute atomic E-state index is 13.2. The summed E-state index contributed by atoms with van der Waals surface area (Å²) in [5.74, 6) is 0.572. The number of hydrogen-bond donors (Lipinski definition) is 2. The van der Waals surface area contributed by atoms with Gasteiger partial charge in [-0.05, 0) is 25.1 Å². The summed E-state index contributed by atoms with van der Waals surface area (Å²) < 4.78 is 20.8. The fourth-order valence-electron chi connectivity index (χ4n) is 4.54. The standard InChI is InChI=1S/C24H30N8O5/c1-15-18(10-30(2)28-15)25-23(33)13-31-11-19-22(12-31)37-14-17-9-32(29-27-17)6-7-36-21-8-16(24(34)26-19)4-5-20(21)35-3/h4-5,8-10,19,22H,6-7,11-14H2,1-3H3,(H,25,33)(H,26,34)/t19-,22-/m0/s1. The van der Waals surface area contributed by atoms with Gasteiger partial charge in [0, 0.05) is 31.9 Å². The number of carbonyl (C=O) groups excluding carboxylic acids is 2. The zero-order chi connectivity index (χ0) is 25.9. The van der Waals surface area contributed by atoms with E-state index in [2.05, 4.69) is 26.0 Å². The summed E-state index contributed by atoms with van der Waals surface area (Å²) in [4.78, 5) is 27.9. The number of anilines is 1. The van der Waals surface area contributed by atoms with Gasteiger partial charge in [0.25, 0.3) is 5.91 Å². The van der Waals surface area contributed by atoms with Crippen molar-refractivity contribution in [1.29, 1.82) is 0 Å². The number of benzene rings is 1. The van der Waals surface area contributed by atoms with Crippen LogP contribution in [0.25, 0.3) is 0 Å². The minimum atomic E-state index is -0.346. The molecule has 2 amide bonds. The van der Waals surface area contributed by atoms with Crippen molar-refractivity contribution in [3.8, 4) is 11.5 Å². The Bertz CT molecular complexity index is 1290. The molecule has 2 aliphatic heterocycles. The summed E-state index contributed by atoms with van der Waals surface area (Å²) in [5.41, 5.74) is 2.52. The van der Waals surface area contributed by atoms with Gasteiger partial charge in [0.15, 0.2) is 11.5 Å². The molecule has 5 rings (SSSR count). The largest absolute Gasteiger partial charge is 0.493 e. The average molecular weight is 511 g/mol.